The molecule has 1 rings (SSSR count). The zero-order valence-corrected chi connectivity index (χ0v) is 11.0. The molecule has 17 heavy (non-hydrogen) atoms. The van der Waals surface area contributed by atoms with Gasteiger partial charge in [-0.3, -0.25) is 0 Å². The Morgan fingerprint density at radius 3 is 2.65 bits per heavy atom. The van der Waals surface area contributed by atoms with Crippen LogP contribution in [0.1, 0.15) is 44.9 Å². The van der Waals surface area contributed by atoms with Crippen molar-refractivity contribution in [3.63, 3.8) is 0 Å². The second kappa shape index (κ2) is 6.01. The molecule has 0 aliphatic carbocycles. The summed E-state index contributed by atoms with van der Waals surface area (Å²) in [5.74, 6) is 0.753. The summed E-state index contributed by atoms with van der Waals surface area (Å²) >= 11 is 0. The lowest BCUT2D eigenvalue weighted by atomic mass is 9.88. The molecule has 96 valence electrons. The third kappa shape index (κ3) is 4.73. The maximum atomic E-state index is 11.3. The standard InChI is InChI=1S/C14H22O3/c1-4-11-8-12(17-13(16)9-11)6-5-7-14(2,3)10-15/h8-9,15H,4-7,10H2,1-3H3. The van der Waals surface area contributed by atoms with Crippen LogP contribution in [0, 0.1) is 5.41 Å². The van der Waals surface area contributed by atoms with Crippen molar-refractivity contribution >= 4 is 0 Å². The van der Waals surface area contributed by atoms with E-state index in [-0.39, 0.29) is 17.6 Å². The van der Waals surface area contributed by atoms with Gasteiger partial charge in [-0.15, -0.1) is 0 Å². The Bertz CT molecular complexity index is 404. The highest BCUT2D eigenvalue weighted by molar-refractivity contribution is 5.13. The third-order valence-electron chi connectivity index (χ3n) is 2.99. The summed E-state index contributed by atoms with van der Waals surface area (Å²) in [5, 5.41) is 9.14. The average molecular weight is 238 g/mol. The summed E-state index contributed by atoms with van der Waals surface area (Å²) in [5.41, 5.74) is 0.710. The minimum atomic E-state index is -0.263. The van der Waals surface area contributed by atoms with E-state index in [4.69, 9.17) is 9.52 Å². The molecule has 0 radical (unpaired) electrons. The molecule has 0 aliphatic heterocycles. The van der Waals surface area contributed by atoms with Gasteiger partial charge in [-0.25, -0.2) is 4.79 Å². The highest BCUT2D eigenvalue weighted by Crippen LogP contribution is 2.22. The average Bonchev–Trinajstić information content (AvgIpc) is 2.28. The van der Waals surface area contributed by atoms with Crippen LogP contribution >= 0.6 is 0 Å². The van der Waals surface area contributed by atoms with Gasteiger partial charge in [0.05, 0.1) is 0 Å². The topological polar surface area (TPSA) is 50.4 Å². The van der Waals surface area contributed by atoms with Gasteiger partial charge in [0.25, 0.3) is 0 Å². The van der Waals surface area contributed by atoms with E-state index in [0.29, 0.717) is 0 Å². The van der Waals surface area contributed by atoms with Gasteiger partial charge in [0, 0.05) is 19.1 Å². The number of rotatable bonds is 6. The Balaban J connectivity index is 2.58. The molecule has 0 aromatic carbocycles. The zero-order valence-electron chi connectivity index (χ0n) is 11.0. The number of hydrogen-bond donors (Lipinski definition) is 1. The molecule has 1 aromatic rings. The van der Waals surface area contributed by atoms with Crippen LogP contribution in [-0.2, 0) is 12.8 Å². The van der Waals surface area contributed by atoms with Gasteiger partial charge in [-0.1, -0.05) is 20.8 Å². The maximum Gasteiger partial charge on any atom is 0.336 e. The lowest BCUT2D eigenvalue weighted by molar-refractivity contribution is 0.147. The van der Waals surface area contributed by atoms with Crippen molar-refractivity contribution in [1.82, 2.24) is 0 Å². The van der Waals surface area contributed by atoms with Crippen molar-refractivity contribution in [3.05, 3.63) is 33.9 Å². The van der Waals surface area contributed by atoms with Crippen molar-refractivity contribution < 1.29 is 9.52 Å². The van der Waals surface area contributed by atoms with Gasteiger partial charge >= 0.3 is 5.63 Å². The van der Waals surface area contributed by atoms with Gasteiger partial charge in [0.2, 0.25) is 0 Å². The summed E-state index contributed by atoms with van der Waals surface area (Å²) in [6.07, 6.45) is 3.44. The van der Waals surface area contributed by atoms with E-state index < -0.39 is 0 Å². The first-order valence-electron chi connectivity index (χ1n) is 6.20. The van der Waals surface area contributed by atoms with Crippen molar-refractivity contribution in [2.45, 2.75) is 46.5 Å². The first-order valence-corrected chi connectivity index (χ1v) is 6.20. The van der Waals surface area contributed by atoms with Crippen molar-refractivity contribution in [3.8, 4) is 0 Å². The van der Waals surface area contributed by atoms with Crippen molar-refractivity contribution in [1.29, 1.82) is 0 Å². The quantitative estimate of drug-likeness (QED) is 0.828. The lowest BCUT2D eigenvalue weighted by Crippen LogP contribution is -2.16. The maximum absolute atomic E-state index is 11.3. The number of aliphatic hydroxyl groups excluding tert-OH is 1. The molecule has 0 saturated carbocycles. The van der Waals surface area contributed by atoms with Crippen LogP contribution in [0.15, 0.2) is 21.3 Å². The summed E-state index contributed by atoms with van der Waals surface area (Å²) in [6.45, 7) is 6.27. The minimum Gasteiger partial charge on any atom is -0.428 e. The predicted molar refractivity (Wildman–Crippen MR) is 68.2 cm³/mol. The van der Waals surface area contributed by atoms with E-state index in [0.717, 1.165) is 37.0 Å². The van der Waals surface area contributed by atoms with Gasteiger partial charge < -0.3 is 9.52 Å². The van der Waals surface area contributed by atoms with Crippen LogP contribution in [0.4, 0.5) is 0 Å². The molecule has 0 fully saturated rings. The zero-order chi connectivity index (χ0) is 12.9. The van der Waals surface area contributed by atoms with E-state index in [1.807, 2.05) is 26.8 Å². The molecule has 0 bridgehead atoms. The van der Waals surface area contributed by atoms with Crippen LogP contribution in [0.25, 0.3) is 0 Å². The summed E-state index contributed by atoms with van der Waals surface area (Å²) < 4.78 is 5.15. The first-order chi connectivity index (χ1) is 7.96. The van der Waals surface area contributed by atoms with Crippen LogP contribution in [0.2, 0.25) is 0 Å². The van der Waals surface area contributed by atoms with Crippen molar-refractivity contribution in [2.75, 3.05) is 6.61 Å². The number of aliphatic hydroxyl groups is 1. The van der Waals surface area contributed by atoms with E-state index in [1.165, 1.54) is 0 Å². The highest BCUT2D eigenvalue weighted by Gasteiger charge is 2.15. The Morgan fingerprint density at radius 2 is 2.06 bits per heavy atom. The molecule has 0 atom stereocenters. The van der Waals surface area contributed by atoms with Crippen LogP contribution in [0.5, 0.6) is 0 Å². The highest BCUT2D eigenvalue weighted by atomic mass is 16.4. The fourth-order valence-corrected chi connectivity index (χ4v) is 1.74. The molecule has 0 saturated heterocycles. The second-order valence-corrected chi connectivity index (χ2v) is 5.28. The smallest absolute Gasteiger partial charge is 0.336 e. The third-order valence-corrected chi connectivity index (χ3v) is 2.99. The first kappa shape index (κ1) is 14.0. The molecule has 3 heteroatoms. The molecule has 0 aliphatic rings. The molecule has 0 unspecified atom stereocenters. The largest absolute Gasteiger partial charge is 0.428 e. The van der Waals surface area contributed by atoms with E-state index in [2.05, 4.69) is 0 Å². The van der Waals surface area contributed by atoms with Gasteiger partial charge in [-0.05, 0) is 36.3 Å². The van der Waals surface area contributed by atoms with E-state index in [1.54, 1.807) is 6.07 Å². The molecule has 0 amide bonds. The molecular formula is C14H22O3. The van der Waals surface area contributed by atoms with Gasteiger partial charge in [-0.2, -0.15) is 0 Å². The van der Waals surface area contributed by atoms with Crippen LogP contribution in [0.3, 0.4) is 0 Å². The molecule has 1 N–H and O–H groups in total. The Morgan fingerprint density at radius 1 is 1.35 bits per heavy atom. The number of hydrogen-bond acceptors (Lipinski definition) is 3. The molecule has 3 nitrogen and oxygen atoms in total. The van der Waals surface area contributed by atoms with Gasteiger partial charge in [0.15, 0.2) is 0 Å². The fourth-order valence-electron chi connectivity index (χ4n) is 1.74. The summed E-state index contributed by atoms with van der Waals surface area (Å²) in [4.78, 5) is 11.3. The Kier molecular flexibility index (Phi) is 4.94. The normalized spacial score (nSPS) is 11.8. The monoisotopic (exact) mass is 238 g/mol. The van der Waals surface area contributed by atoms with E-state index in [9.17, 15) is 4.79 Å². The molecule has 1 heterocycles. The minimum absolute atomic E-state index is 0.0529. The molecule has 0 spiro atoms. The van der Waals surface area contributed by atoms with Gasteiger partial charge in [0.1, 0.15) is 5.76 Å². The molecular weight excluding hydrogens is 216 g/mol. The Labute approximate surface area is 102 Å². The SMILES string of the molecule is CCc1cc(CCCC(C)(C)CO)oc(=O)c1. The second-order valence-electron chi connectivity index (χ2n) is 5.28. The summed E-state index contributed by atoms with van der Waals surface area (Å²) in [7, 11) is 0. The lowest BCUT2D eigenvalue weighted by Gasteiger charge is -2.20. The Hall–Kier alpha value is -1.09. The predicted octanol–water partition coefficient (Wildman–Crippen LogP) is 2.54. The van der Waals surface area contributed by atoms with Crippen molar-refractivity contribution in [2.24, 2.45) is 5.41 Å². The molecule has 1 aromatic heterocycles. The van der Waals surface area contributed by atoms with Crippen LogP contribution < -0.4 is 5.63 Å². The summed E-state index contributed by atoms with van der Waals surface area (Å²) in [6, 6.07) is 3.49. The fraction of sp³-hybridized carbons (Fsp3) is 0.643. The number of aryl methyl sites for hydroxylation is 2. The van der Waals surface area contributed by atoms with E-state index >= 15 is 0 Å². The van der Waals surface area contributed by atoms with Crippen LogP contribution in [-0.4, -0.2) is 11.7 Å².